The zero-order valence-electron chi connectivity index (χ0n) is 17.0. The number of hydrogen-bond donors (Lipinski definition) is 3. The van der Waals surface area contributed by atoms with Crippen LogP contribution in [0.3, 0.4) is 0 Å². The van der Waals surface area contributed by atoms with E-state index in [1.54, 1.807) is 18.3 Å². The molecule has 0 spiro atoms. The minimum absolute atomic E-state index is 0.205. The average Bonchev–Trinajstić information content (AvgIpc) is 3.38. The zero-order valence-corrected chi connectivity index (χ0v) is 17.0. The number of likely N-dealkylation sites (tertiary alicyclic amines) is 1. The summed E-state index contributed by atoms with van der Waals surface area (Å²) in [4.78, 5) is 44.8. The van der Waals surface area contributed by atoms with Gasteiger partial charge >= 0.3 is 0 Å². The number of aromatic nitrogens is 3. The molecule has 31 heavy (non-hydrogen) atoms. The first-order valence-electron chi connectivity index (χ1n) is 10.5. The minimum atomic E-state index is -1.05. The Morgan fingerprint density at radius 1 is 1.19 bits per heavy atom. The Hall–Kier alpha value is -3.11. The first kappa shape index (κ1) is 19.8. The van der Waals surface area contributed by atoms with Gasteiger partial charge in [0.05, 0.1) is 29.7 Å². The van der Waals surface area contributed by atoms with E-state index in [1.807, 2.05) is 6.20 Å². The molecule has 3 amide bonds. The third-order valence-corrected chi connectivity index (χ3v) is 6.49. The lowest BCUT2D eigenvalue weighted by atomic mass is 9.87. The number of aliphatic hydroxyl groups is 1. The smallest absolute Gasteiger partial charge is 0.256 e. The fraction of sp³-hybridized carbons (Fsp3) is 0.476. The molecular weight excluding hydrogens is 400 g/mol. The lowest BCUT2D eigenvalue weighted by molar-refractivity contribution is -0.136. The van der Waals surface area contributed by atoms with Gasteiger partial charge in [0.15, 0.2) is 0 Å². The van der Waals surface area contributed by atoms with Gasteiger partial charge in [-0.2, -0.15) is 5.10 Å². The van der Waals surface area contributed by atoms with Crippen LogP contribution in [0.1, 0.15) is 53.0 Å². The number of imide groups is 1. The number of pyridine rings is 1. The summed E-state index contributed by atoms with van der Waals surface area (Å²) in [6.07, 6.45) is 5.28. The summed E-state index contributed by atoms with van der Waals surface area (Å²) >= 11 is 0. The summed E-state index contributed by atoms with van der Waals surface area (Å²) in [5.41, 5.74) is 1.64. The molecule has 0 aliphatic carbocycles. The quantitative estimate of drug-likeness (QED) is 0.591. The SMILES string of the molecule is O=C1CCC(N2Cc3nc(C4(O)CCN(Cc5cn[nH]c5)CC4)ccc3C2=O)C(=O)N1. The van der Waals surface area contributed by atoms with Crippen LogP contribution in [0.5, 0.6) is 0 Å². The Bertz CT molecular complexity index is 1030. The molecule has 0 bridgehead atoms. The molecule has 0 radical (unpaired) electrons. The molecule has 0 saturated carbocycles. The van der Waals surface area contributed by atoms with Crippen molar-refractivity contribution in [3.8, 4) is 0 Å². The van der Waals surface area contributed by atoms with Crippen molar-refractivity contribution >= 4 is 17.7 Å². The van der Waals surface area contributed by atoms with Crippen LogP contribution in [0, 0.1) is 0 Å². The second-order valence-electron chi connectivity index (χ2n) is 8.50. The molecule has 2 fully saturated rings. The number of nitrogens with one attached hydrogen (secondary N) is 2. The molecule has 1 atom stereocenters. The largest absolute Gasteiger partial charge is 0.383 e. The van der Waals surface area contributed by atoms with Crippen LogP contribution in [0.4, 0.5) is 0 Å². The maximum Gasteiger partial charge on any atom is 0.256 e. The van der Waals surface area contributed by atoms with Crippen molar-refractivity contribution in [2.45, 2.75) is 50.4 Å². The molecule has 3 aliphatic heterocycles. The predicted octanol–water partition coefficient (Wildman–Crippen LogP) is 0.0493. The Kier molecular flexibility index (Phi) is 4.82. The van der Waals surface area contributed by atoms with Crippen LogP contribution >= 0.6 is 0 Å². The monoisotopic (exact) mass is 424 g/mol. The molecule has 10 heteroatoms. The average molecular weight is 424 g/mol. The summed E-state index contributed by atoms with van der Waals surface area (Å²) < 4.78 is 0. The fourth-order valence-electron chi connectivity index (χ4n) is 4.65. The summed E-state index contributed by atoms with van der Waals surface area (Å²) in [7, 11) is 0. The Morgan fingerprint density at radius 3 is 2.71 bits per heavy atom. The molecule has 162 valence electrons. The first-order chi connectivity index (χ1) is 14.9. The molecular formula is C21H24N6O4. The van der Waals surface area contributed by atoms with E-state index in [4.69, 9.17) is 0 Å². The van der Waals surface area contributed by atoms with Gasteiger partial charge in [0.1, 0.15) is 11.6 Å². The molecule has 2 saturated heterocycles. The van der Waals surface area contributed by atoms with Crippen molar-refractivity contribution in [1.82, 2.24) is 30.3 Å². The van der Waals surface area contributed by atoms with E-state index in [1.165, 1.54) is 4.90 Å². The third kappa shape index (κ3) is 3.61. The minimum Gasteiger partial charge on any atom is -0.383 e. The van der Waals surface area contributed by atoms with Crippen molar-refractivity contribution in [3.63, 3.8) is 0 Å². The van der Waals surface area contributed by atoms with Gasteiger partial charge in [-0.25, -0.2) is 0 Å². The van der Waals surface area contributed by atoms with Crippen molar-refractivity contribution in [2.24, 2.45) is 0 Å². The van der Waals surface area contributed by atoms with Gasteiger partial charge < -0.3 is 10.0 Å². The van der Waals surface area contributed by atoms with Crippen LogP contribution in [-0.4, -0.2) is 66.9 Å². The number of rotatable bonds is 4. The fourth-order valence-corrected chi connectivity index (χ4v) is 4.65. The Balaban J connectivity index is 1.29. The van der Waals surface area contributed by atoms with Crippen molar-refractivity contribution in [2.75, 3.05) is 13.1 Å². The number of nitrogens with zero attached hydrogens (tertiary/aromatic N) is 4. The van der Waals surface area contributed by atoms with Gasteiger partial charge in [0.2, 0.25) is 11.8 Å². The second kappa shape index (κ2) is 7.54. The van der Waals surface area contributed by atoms with Gasteiger partial charge in [0.25, 0.3) is 5.91 Å². The van der Waals surface area contributed by atoms with Crippen LogP contribution in [-0.2, 0) is 28.3 Å². The van der Waals surface area contributed by atoms with Crippen LogP contribution in [0.25, 0.3) is 0 Å². The number of fused-ring (bicyclic) bond motifs is 1. The van der Waals surface area contributed by atoms with Gasteiger partial charge in [-0.05, 0) is 31.4 Å². The first-order valence-corrected chi connectivity index (χ1v) is 10.5. The molecule has 5 heterocycles. The highest BCUT2D eigenvalue weighted by molar-refractivity contribution is 6.05. The molecule has 1 unspecified atom stereocenters. The number of amides is 3. The number of H-pyrrole nitrogens is 1. The summed E-state index contributed by atoms with van der Waals surface area (Å²) in [5.74, 6) is -1.01. The standard InChI is InChI=1S/C21H24N6O4/c28-18-4-2-16(19(29)25-18)27-12-15-14(20(27)30)1-3-17(24-15)21(31)5-7-26(8-6-21)11-13-9-22-23-10-13/h1,3,9-10,16,31H,2,4-8,11-12H2,(H,22,23)(H,25,28,29). The maximum absolute atomic E-state index is 12.8. The van der Waals surface area contributed by atoms with E-state index < -0.39 is 17.6 Å². The van der Waals surface area contributed by atoms with E-state index in [0.717, 1.165) is 25.2 Å². The summed E-state index contributed by atoms with van der Waals surface area (Å²) in [6, 6.07) is 2.75. The number of piperidine rings is 2. The van der Waals surface area contributed by atoms with Crippen molar-refractivity contribution in [3.05, 3.63) is 47.0 Å². The lowest BCUT2D eigenvalue weighted by Gasteiger charge is -2.37. The highest BCUT2D eigenvalue weighted by Crippen LogP contribution is 2.34. The molecule has 2 aromatic rings. The molecule has 3 aliphatic rings. The van der Waals surface area contributed by atoms with Crippen LogP contribution in [0.2, 0.25) is 0 Å². The predicted molar refractivity (Wildman–Crippen MR) is 107 cm³/mol. The van der Waals surface area contributed by atoms with E-state index in [9.17, 15) is 19.5 Å². The Labute approximate surface area is 178 Å². The number of aromatic amines is 1. The van der Waals surface area contributed by atoms with Gasteiger partial charge in [0, 0.05) is 37.8 Å². The van der Waals surface area contributed by atoms with E-state index in [2.05, 4.69) is 25.4 Å². The Morgan fingerprint density at radius 2 is 2.00 bits per heavy atom. The lowest BCUT2D eigenvalue weighted by Crippen LogP contribution is -2.52. The summed E-state index contributed by atoms with van der Waals surface area (Å²) in [5, 5.41) is 20.3. The summed E-state index contributed by atoms with van der Waals surface area (Å²) in [6.45, 7) is 2.43. The van der Waals surface area contributed by atoms with Crippen LogP contribution < -0.4 is 5.32 Å². The third-order valence-electron chi connectivity index (χ3n) is 6.49. The highest BCUT2D eigenvalue weighted by atomic mass is 16.3. The van der Waals surface area contributed by atoms with Crippen molar-refractivity contribution < 1.29 is 19.5 Å². The van der Waals surface area contributed by atoms with Crippen LogP contribution in [0.15, 0.2) is 24.5 Å². The number of carbonyl (C=O) groups is 3. The van der Waals surface area contributed by atoms with E-state index in [-0.39, 0.29) is 24.8 Å². The molecule has 3 N–H and O–H groups in total. The molecule has 10 nitrogen and oxygen atoms in total. The van der Waals surface area contributed by atoms with E-state index in [0.29, 0.717) is 36.2 Å². The normalized spacial score (nSPS) is 23.7. The second-order valence-corrected chi connectivity index (χ2v) is 8.50. The van der Waals surface area contributed by atoms with Gasteiger partial charge in [-0.1, -0.05) is 0 Å². The number of hydrogen-bond acceptors (Lipinski definition) is 7. The molecule has 0 aromatic carbocycles. The highest BCUT2D eigenvalue weighted by Gasteiger charge is 2.41. The van der Waals surface area contributed by atoms with Crippen molar-refractivity contribution in [1.29, 1.82) is 0 Å². The zero-order chi connectivity index (χ0) is 21.6. The van der Waals surface area contributed by atoms with E-state index >= 15 is 0 Å². The maximum atomic E-state index is 12.8. The number of carbonyl (C=O) groups excluding carboxylic acids is 3. The van der Waals surface area contributed by atoms with Gasteiger partial charge in [-0.15, -0.1) is 0 Å². The molecule has 5 rings (SSSR count). The topological polar surface area (TPSA) is 132 Å². The van der Waals surface area contributed by atoms with Gasteiger partial charge in [-0.3, -0.25) is 34.7 Å². The molecule has 2 aromatic heterocycles.